The molecule has 0 atom stereocenters. The molecule has 0 saturated carbocycles. The van der Waals surface area contributed by atoms with Gasteiger partial charge in [0.25, 0.3) is 0 Å². The highest BCUT2D eigenvalue weighted by Gasteiger charge is 2.24. The fourth-order valence-corrected chi connectivity index (χ4v) is 3.48. The third-order valence-electron chi connectivity index (χ3n) is 3.10. The van der Waals surface area contributed by atoms with E-state index < -0.39 is 13.7 Å². The number of carbonyl (C=O) groups is 2. The SMILES string of the molecule is CCOP(=O)(CC=CC(=O)N1CCN(C(=O)O)CC1)OCC. The molecule has 9 heteroatoms. The Hall–Kier alpha value is -1.37. The summed E-state index contributed by atoms with van der Waals surface area (Å²) in [6, 6.07) is 0. The van der Waals surface area contributed by atoms with Crippen molar-refractivity contribution in [3.63, 3.8) is 0 Å². The summed E-state index contributed by atoms with van der Waals surface area (Å²) in [7, 11) is -3.18. The van der Waals surface area contributed by atoms with E-state index in [-0.39, 0.29) is 25.3 Å². The van der Waals surface area contributed by atoms with Crippen molar-refractivity contribution < 1.29 is 28.3 Å². The van der Waals surface area contributed by atoms with E-state index in [1.807, 2.05) is 0 Å². The molecule has 22 heavy (non-hydrogen) atoms. The molecule has 126 valence electrons. The normalized spacial score (nSPS) is 16.3. The van der Waals surface area contributed by atoms with E-state index in [1.54, 1.807) is 18.7 Å². The maximum Gasteiger partial charge on any atom is 0.407 e. The van der Waals surface area contributed by atoms with Crippen LogP contribution in [0.4, 0.5) is 4.79 Å². The van der Waals surface area contributed by atoms with Gasteiger partial charge in [0.2, 0.25) is 5.91 Å². The van der Waals surface area contributed by atoms with Gasteiger partial charge in [0.15, 0.2) is 0 Å². The molecule has 0 aliphatic carbocycles. The van der Waals surface area contributed by atoms with Gasteiger partial charge in [0.05, 0.1) is 19.4 Å². The predicted octanol–water partition coefficient (Wildman–Crippen LogP) is 1.63. The van der Waals surface area contributed by atoms with Crippen molar-refractivity contribution in [2.75, 3.05) is 45.6 Å². The highest BCUT2D eigenvalue weighted by molar-refractivity contribution is 7.54. The number of hydrogen-bond acceptors (Lipinski definition) is 5. The molecule has 1 heterocycles. The first-order valence-corrected chi connectivity index (χ1v) is 8.96. The van der Waals surface area contributed by atoms with Crippen LogP contribution in [0.5, 0.6) is 0 Å². The van der Waals surface area contributed by atoms with E-state index >= 15 is 0 Å². The van der Waals surface area contributed by atoms with E-state index in [0.717, 1.165) is 0 Å². The minimum atomic E-state index is -3.18. The molecule has 2 amide bonds. The van der Waals surface area contributed by atoms with Crippen LogP contribution in [-0.4, -0.2) is 72.5 Å². The van der Waals surface area contributed by atoms with E-state index in [9.17, 15) is 14.2 Å². The third kappa shape index (κ3) is 5.79. The van der Waals surface area contributed by atoms with Crippen LogP contribution in [0.3, 0.4) is 0 Å². The van der Waals surface area contributed by atoms with Crippen LogP contribution in [0.15, 0.2) is 12.2 Å². The lowest BCUT2D eigenvalue weighted by atomic mass is 10.3. The predicted molar refractivity (Wildman–Crippen MR) is 81.0 cm³/mol. The standard InChI is InChI=1S/C13H23N2O6P/c1-3-20-22(19,21-4-2)11-5-6-12(16)14-7-9-15(10-8-14)13(17)18/h5-6H,3-4,7-11H2,1-2H3,(H,17,18). The van der Waals surface area contributed by atoms with Gasteiger partial charge in [-0.2, -0.15) is 0 Å². The lowest BCUT2D eigenvalue weighted by molar-refractivity contribution is -0.127. The zero-order chi connectivity index (χ0) is 16.6. The van der Waals surface area contributed by atoms with Gasteiger partial charge < -0.3 is 24.0 Å². The van der Waals surface area contributed by atoms with Gasteiger partial charge in [-0.05, 0) is 19.9 Å². The molecule has 0 aromatic heterocycles. The molecule has 0 aromatic carbocycles. The fourth-order valence-electron chi connectivity index (χ4n) is 2.04. The van der Waals surface area contributed by atoms with Gasteiger partial charge in [0.1, 0.15) is 0 Å². The highest BCUT2D eigenvalue weighted by atomic mass is 31.2. The fraction of sp³-hybridized carbons (Fsp3) is 0.692. The van der Waals surface area contributed by atoms with E-state index in [1.165, 1.54) is 17.1 Å². The summed E-state index contributed by atoms with van der Waals surface area (Å²) in [4.78, 5) is 25.6. The van der Waals surface area contributed by atoms with E-state index in [2.05, 4.69) is 0 Å². The quantitative estimate of drug-likeness (QED) is 0.561. The molecule has 0 aromatic rings. The monoisotopic (exact) mass is 334 g/mol. The molecular formula is C13H23N2O6P. The lowest BCUT2D eigenvalue weighted by Gasteiger charge is -2.32. The van der Waals surface area contributed by atoms with Crippen molar-refractivity contribution in [1.29, 1.82) is 0 Å². The summed E-state index contributed by atoms with van der Waals surface area (Å²) >= 11 is 0. The Balaban J connectivity index is 2.47. The van der Waals surface area contributed by atoms with Crippen LogP contribution in [0.25, 0.3) is 0 Å². The Morgan fingerprint density at radius 2 is 1.59 bits per heavy atom. The van der Waals surface area contributed by atoms with Crippen molar-refractivity contribution in [3.05, 3.63) is 12.2 Å². The lowest BCUT2D eigenvalue weighted by Crippen LogP contribution is -2.49. The Labute approximate surface area is 130 Å². The van der Waals surface area contributed by atoms with Gasteiger partial charge in [0, 0.05) is 26.2 Å². The van der Waals surface area contributed by atoms with Gasteiger partial charge >= 0.3 is 13.7 Å². The van der Waals surface area contributed by atoms with Gasteiger partial charge in [-0.25, -0.2) is 4.79 Å². The van der Waals surface area contributed by atoms with Crippen molar-refractivity contribution in [1.82, 2.24) is 9.80 Å². The number of rotatable bonds is 7. The van der Waals surface area contributed by atoms with Crippen molar-refractivity contribution in [2.24, 2.45) is 0 Å². The second-order valence-electron chi connectivity index (χ2n) is 4.63. The minimum Gasteiger partial charge on any atom is -0.465 e. The first-order chi connectivity index (χ1) is 10.4. The molecule has 8 nitrogen and oxygen atoms in total. The molecule has 1 saturated heterocycles. The van der Waals surface area contributed by atoms with Crippen LogP contribution >= 0.6 is 7.60 Å². The van der Waals surface area contributed by atoms with E-state index in [0.29, 0.717) is 26.2 Å². The number of carbonyl (C=O) groups excluding carboxylic acids is 1. The van der Waals surface area contributed by atoms with E-state index in [4.69, 9.17) is 14.2 Å². The Morgan fingerprint density at radius 1 is 1.09 bits per heavy atom. The van der Waals surface area contributed by atoms with Crippen LogP contribution < -0.4 is 0 Å². The van der Waals surface area contributed by atoms with Crippen LogP contribution in [-0.2, 0) is 18.4 Å². The molecule has 0 radical (unpaired) electrons. The zero-order valence-electron chi connectivity index (χ0n) is 12.9. The number of piperazine rings is 1. The van der Waals surface area contributed by atoms with Crippen LogP contribution in [0.2, 0.25) is 0 Å². The topological polar surface area (TPSA) is 96.4 Å². The summed E-state index contributed by atoms with van der Waals surface area (Å²) in [6.45, 7) is 5.29. The van der Waals surface area contributed by atoms with Crippen molar-refractivity contribution >= 4 is 19.6 Å². The number of allylic oxidation sites excluding steroid dienone is 1. The Kier molecular flexibility index (Phi) is 7.58. The minimum absolute atomic E-state index is 0.0372. The molecule has 1 aliphatic rings. The largest absolute Gasteiger partial charge is 0.465 e. The van der Waals surface area contributed by atoms with Crippen molar-refractivity contribution in [3.8, 4) is 0 Å². The summed E-state index contributed by atoms with van der Waals surface area (Å²) in [5, 5.41) is 8.84. The number of carboxylic acid groups (broad SMARTS) is 1. The smallest absolute Gasteiger partial charge is 0.407 e. The summed E-state index contributed by atoms with van der Waals surface area (Å²) < 4.78 is 22.4. The van der Waals surface area contributed by atoms with Crippen molar-refractivity contribution in [2.45, 2.75) is 13.8 Å². The van der Waals surface area contributed by atoms with Gasteiger partial charge in [-0.3, -0.25) is 9.36 Å². The second-order valence-corrected chi connectivity index (χ2v) is 6.73. The molecule has 0 spiro atoms. The van der Waals surface area contributed by atoms with Crippen LogP contribution in [0.1, 0.15) is 13.8 Å². The van der Waals surface area contributed by atoms with Gasteiger partial charge in [-0.1, -0.05) is 6.08 Å². The van der Waals surface area contributed by atoms with Gasteiger partial charge in [-0.15, -0.1) is 0 Å². The maximum atomic E-state index is 12.2. The molecule has 1 N–H and O–H groups in total. The Bertz CT molecular complexity index is 449. The highest BCUT2D eigenvalue weighted by Crippen LogP contribution is 2.47. The summed E-state index contributed by atoms with van der Waals surface area (Å²) in [6.07, 6.45) is 1.88. The average molecular weight is 334 g/mol. The Morgan fingerprint density at radius 3 is 2.05 bits per heavy atom. The maximum absolute atomic E-state index is 12.2. The van der Waals surface area contributed by atoms with Crippen LogP contribution in [0, 0.1) is 0 Å². The average Bonchev–Trinajstić information content (AvgIpc) is 2.47. The summed E-state index contributed by atoms with van der Waals surface area (Å²) in [5.41, 5.74) is 0. The second kappa shape index (κ2) is 8.92. The molecule has 1 fully saturated rings. The first kappa shape index (κ1) is 18.7. The first-order valence-electron chi connectivity index (χ1n) is 7.23. The third-order valence-corrected chi connectivity index (χ3v) is 5.06. The summed E-state index contributed by atoms with van der Waals surface area (Å²) in [5.74, 6) is -0.232. The molecule has 0 bridgehead atoms. The zero-order valence-corrected chi connectivity index (χ0v) is 13.8. The number of nitrogens with zero attached hydrogens (tertiary/aromatic N) is 2. The number of hydrogen-bond donors (Lipinski definition) is 1. The molecule has 1 rings (SSSR count). The molecule has 1 aliphatic heterocycles. The number of amides is 2. The molecular weight excluding hydrogens is 311 g/mol. The molecule has 0 unspecified atom stereocenters.